The van der Waals surface area contributed by atoms with Gasteiger partial charge < -0.3 is 15.2 Å². The van der Waals surface area contributed by atoms with Crippen LogP contribution in [0, 0.1) is 0 Å². The maximum absolute atomic E-state index is 5.83. The number of rotatable bonds is 3. The van der Waals surface area contributed by atoms with E-state index in [0.717, 1.165) is 18.6 Å². The molecule has 0 saturated carbocycles. The summed E-state index contributed by atoms with van der Waals surface area (Å²) in [4.78, 5) is 0. The highest BCUT2D eigenvalue weighted by Crippen LogP contribution is 2.31. The Hall–Kier alpha value is -2.15. The number of ether oxygens (including phenoxy) is 2. The van der Waals surface area contributed by atoms with Crippen molar-refractivity contribution in [1.82, 2.24) is 20.2 Å². The van der Waals surface area contributed by atoms with Gasteiger partial charge in [0.1, 0.15) is 5.75 Å². The molecular formula is C13H17N5O2. The van der Waals surface area contributed by atoms with Crippen LogP contribution in [0.4, 0.5) is 5.69 Å². The molecule has 7 heteroatoms. The lowest BCUT2D eigenvalue weighted by Crippen LogP contribution is -2.19. The quantitative estimate of drug-likeness (QED) is 0.849. The molecule has 1 aliphatic rings. The van der Waals surface area contributed by atoms with Crippen molar-refractivity contribution in [2.24, 2.45) is 0 Å². The van der Waals surface area contributed by atoms with E-state index < -0.39 is 0 Å². The molecule has 3 rings (SSSR count). The summed E-state index contributed by atoms with van der Waals surface area (Å²) in [6.45, 7) is 2.77. The predicted molar refractivity (Wildman–Crippen MR) is 73.3 cm³/mol. The van der Waals surface area contributed by atoms with Gasteiger partial charge >= 0.3 is 0 Å². The van der Waals surface area contributed by atoms with Gasteiger partial charge in [-0.25, -0.2) is 4.68 Å². The molecule has 7 nitrogen and oxygen atoms in total. The van der Waals surface area contributed by atoms with E-state index in [-0.39, 0.29) is 12.1 Å². The Bertz CT molecular complexity index is 613. The monoisotopic (exact) mass is 275 g/mol. The van der Waals surface area contributed by atoms with E-state index in [2.05, 4.69) is 15.5 Å². The fourth-order valence-corrected chi connectivity index (χ4v) is 2.50. The van der Waals surface area contributed by atoms with Crippen molar-refractivity contribution in [3.63, 3.8) is 0 Å². The second-order valence-corrected chi connectivity index (χ2v) is 4.84. The number of anilines is 1. The number of methoxy groups -OCH3 is 1. The minimum absolute atomic E-state index is 0.105. The largest absolute Gasteiger partial charge is 0.495 e. The summed E-state index contributed by atoms with van der Waals surface area (Å²) in [7, 11) is 1.59. The highest BCUT2D eigenvalue weighted by molar-refractivity contribution is 5.65. The maximum atomic E-state index is 5.83. The van der Waals surface area contributed by atoms with Crippen molar-refractivity contribution in [2.45, 2.75) is 25.5 Å². The van der Waals surface area contributed by atoms with Crippen LogP contribution < -0.4 is 10.5 Å². The van der Waals surface area contributed by atoms with E-state index in [1.165, 1.54) is 0 Å². The predicted octanol–water partition coefficient (Wildman–Crippen LogP) is 1.28. The molecule has 2 aromatic rings. The van der Waals surface area contributed by atoms with Crippen molar-refractivity contribution in [3.05, 3.63) is 18.2 Å². The number of nitrogen functional groups attached to an aromatic ring is 1. The van der Waals surface area contributed by atoms with Crippen LogP contribution in [0.2, 0.25) is 0 Å². The molecular weight excluding hydrogens is 258 g/mol. The van der Waals surface area contributed by atoms with Crippen molar-refractivity contribution >= 4 is 5.69 Å². The Balaban J connectivity index is 2.01. The third-order valence-corrected chi connectivity index (χ3v) is 3.63. The molecule has 2 N–H and O–H groups in total. The van der Waals surface area contributed by atoms with Crippen molar-refractivity contribution in [1.29, 1.82) is 0 Å². The molecule has 0 amide bonds. The second kappa shape index (κ2) is 5.09. The zero-order valence-corrected chi connectivity index (χ0v) is 11.5. The molecule has 1 aliphatic heterocycles. The Morgan fingerprint density at radius 3 is 3.00 bits per heavy atom. The molecule has 1 fully saturated rings. The first-order valence-corrected chi connectivity index (χ1v) is 6.54. The summed E-state index contributed by atoms with van der Waals surface area (Å²) in [5.41, 5.74) is 7.30. The van der Waals surface area contributed by atoms with Crippen LogP contribution in [0.15, 0.2) is 18.2 Å². The number of hydrogen-bond donors (Lipinski definition) is 1. The number of aromatic nitrogens is 4. The minimum Gasteiger partial charge on any atom is -0.495 e. The average molecular weight is 275 g/mol. The van der Waals surface area contributed by atoms with Crippen LogP contribution in [0.1, 0.15) is 19.4 Å². The van der Waals surface area contributed by atoms with Gasteiger partial charge in [0.25, 0.3) is 0 Å². The van der Waals surface area contributed by atoms with Gasteiger partial charge in [-0.05, 0) is 42.0 Å². The molecule has 0 aliphatic carbocycles. The molecule has 20 heavy (non-hydrogen) atoms. The summed E-state index contributed by atoms with van der Waals surface area (Å²) in [6.07, 6.45) is 1.01. The lowest BCUT2D eigenvalue weighted by Gasteiger charge is -2.16. The van der Waals surface area contributed by atoms with Crippen LogP contribution >= 0.6 is 0 Å². The number of benzene rings is 1. The Morgan fingerprint density at radius 2 is 2.30 bits per heavy atom. The third-order valence-electron chi connectivity index (χ3n) is 3.63. The van der Waals surface area contributed by atoms with Crippen LogP contribution in [0.3, 0.4) is 0 Å². The van der Waals surface area contributed by atoms with Gasteiger partial charge in [0, 0.05) is 12.2 Å². The fourth-order valence-electron chi connectivity index (χ4n) is 2.50. The summed E-state index contributed by atoms with van der Waals surface area (Å²) >= 11 is 0. The average Bonchev–Trinajstić information content (AvgIpc) is 3.07. The fraction of sp³-hybridized carbons (Fsp3) is 0.462. The van der Waals surface area contributed by atoms with Crippen LogP contribution in [0.5, 0.6) is 5.75 Å². The van der Waals surface area contributed by atoms with E-state index in [9.17, 15) is 0 Å². The van der Waals surface area contributed by atoms with Crippen LogP contribution in [-0.2, 0) is 4.74 Å². The standard InChI is InChI=1S/C13H17N5O2/c1-8-11(5-6-20-8)18-13(15-16-17-18)9-3-4-10(14)12(7-9)19-2/h3-4,7-8,11H,5-6,14H2,1-2H3. The molecule has 0 bridgehead atoms. The molecule has 2 heterocycles. The molecule has 0 radical (unpaired) electrons. The summed E-state index contributed by atoms with van der Waals surface area (Å²) in [5.74, 6) is 1.32. The Kier molecular flexibility index (Phi) is 3.27. The lowest BCUT2D eigenvalue weighted by molar-refractivity contribution is 0.105. The zero-order chi connectivity index (χ0) is 14.1. The smallest absolute Gasteiger partial charge is 0.182 e. The Morgan fingerprint density at radius 1 is 1.45 bits per heavy atom. The first kappa shape index (κ1) is 12.9. The highest BCUT2D eigenvalue weighted by atomic mass is 16.5. The van der Waals surface area contributed by atoms with Crippen molar-refractivity contribution < 1.29 is 9.47 Å². The van der Waals surface area contributed by atoms with Gasteiger partial charge in [-0.1, -0.05) is 0 Å². The van der Waals surface area contributed by atoms with Crippen molar-refractivity contribution in [2.75, 3.05) is 19.5 Å². The normalized spacial score (nSPS) is 22.1. The second-order valence-electron chi connectivity index (χ2n) is 4.84. The van der Waals surface area contributed by atoms with E-state index in [1.807, 2.05) is 23.7 Å². The SMILES string of the molecule is COc1cc(-c2nnnn2C2CCOC2C)ccc1N. The first-order chi connectivity index (χ1) is 9.70. The molecule has 106 valence electrons. The molecule has 0 spiro atoms. The third kappa shape index (κ3) is 2.09. The Labute approximate surface area is 116 Å². The van der Waals surface area contributed by atoms with E-state index in [4.69, 9.17) is 15.2 Å². The molecule has 1 aromatic carbocycles. The van der Waals surface area contributed by atoms with Crippen LogP contribution in [-0.4, -0.2) is 40.0 Å². The van der Waals surface area contributed by atoms with Gasteiger partial charge in [0.05, 0.1) is 24.9 Å². The minimum atomic E-state index is 0.105. The van der Waals surface area contributed by atoms with Gasteiger partial charge in [-0.15, -0.1) is 5.10 Å². The van der Waals surface area contributed by atoms with E-state index in [0.29, 0.717) is 17.3 Å². The van der Waals surface area contributed by atoms with Gasteiger partial charge in [0.15, 0.2) is 5.82 Å². The molecule has 2 atom stereocenters. The number of hydrogen-bond acceptors (Lipinski definition) is 6. The molecule has 2 unspecified atom stereocenters. The number of tetrazole rings is 1. The van der Waals surface area contributed by atoms with E-state index in [1.54, 1.807) is 13.2 Å². The van der Waals surface area contributed by atoms with Crippen molar-refractivity contribution in [3.8, 4) is 17.1 Å². The molecule has 1 aromatic heterocycles. The zero-order valence-electron chi connectivity index (χ0n) is 11.5. The summed E-state index contributed by atoms with van der Waals surface area (Å²) in [6, 6.07) is 5.68. The summed E-state index contributed by atoms with van der Waals surface area (Å²) < 4.78 is 12.6. The van der Waals surface area contributed by atoms with Gasteiger partial charge in [0.2, 0.25) is 0 Å². The molecule has 1 saturated heterocycles. The number of nitrogens with zero attached hydrogens (tertiary/aromatic N) is 4. The summed E-state index contributed by atoms with van der Waals surface area (Å²) in [5, 5.41) is 12.0. The van der Waals surface area contributed by atoms with Gasteiger partial charge in [-0.2, -0.15) is 0 Å². The topological polar surface area (TPSA) is 88.1 Å². The highest BCUT2D eigenvalue weighted by Gasteiger charge is 2.29. The van der Waals surface area contributed by atoms with Gasteiger partial charge in [-0.3, -0.25) is 0 Å². The van der Waals surface area contributed by atoms with E-state index >= 15 is 0 Å². The maximum Gasteiger partial charge on any atom is 0.182 e. The number of nitrogens with two attached hydrogens (primary N) is 1. The lowest BCUT2D eigenvalue weighted by atomic mass is 10.1. The van der Waals surface area contributed by atoms with Crippen LogP contribution in [0.25, 0.3) is 11.4 Å². The first-order valence-electron chi connectivity index (χ1n) is 6.54.